The molecule has 0 saturated heterocycles. The second kappa shape index (κ2) is 11.0. The Balaban J connectivity index is 1.64. The molecule has 0 spiro atoms. The fraction of sp³-hybridized carbons (Fsp3) is 0.231. The van der Waals surface area contributed by atoms with Crippen LogP contribution in [-0.4, -0.2) is 44.1 Å². The second-order valence-electron chi connectivity index (χ2n) is 7.79. The van der Waals surface area contributed by atoms with Crippen molar-refractivity contribution in [3.05, 3.63) is 79.1 Å². The first-order chi connectivity index (χ1) is 16.6. The van der Waals surface area contributed by atoms with E-state index in [-0.39, 0.29) is 17.7 Å². The molecule has 0 aliphatic heterocycles. The van der Waals surface area contributed by atoms with E-state index in [1.54, 1.807) is 12.4 Å². The Morgan fingerprint density at radius 2 is 1.79 bits per heavy atom. The van der Waals surface area contributed by atoms with Gasteiger partial charge in [-0.2, -0.15) is 0 Å². The standard InChI is InChI=1S/C26H27N5O2S/c1-4-33-23-14-12-22(13-15-23)31-25(20-9-8-16-27-17-20)28-29-26(31)34-18-24(32)30(19(2)3)21-10-6-5-7-11-21/h5-17,19H,4,18H2,1-3H3. The SMILES string of the molecule is CCOc1ccc(-n2c(SCC(=O)N(c3ccccc3)C(C)C)nnc2-c2cccnc2)cc1. The molecular formula is C26H27N5O2S. The molecular weight excluding hydrogens is 446 g/mol. The van der Waals surface area contributed by atoms with Crippen molar-refractivity contribution in [3.8, 4) is 22.8 Å². The molecule has 4 aromatic rings. The highest BCUT2D eigenvalue weighted by Crippen LogP contribution is 2.29. The zero-order chi connectivity index (χ0) is 23.9. The van der Waals surface area contributed by atoms with Crippen molar-refractivity contribution in [3.63, 3.8) is 0 Å². The number of amides is 1. The highest BCUT2D eigenvalue weighted by molar-refractivity contribution is 7.99. The van der Waals surface area contributed by atoms with Crippen molar-refractivity contribution in [2.75, 3.05) is 17.3 Å². The van der Waals surface area contributed by atoms with Gasteiger partial charge in [-0.3, -0.25) is 14.3 Å². The molecule has 0 aliphatic carbocycles. The lowest BCUT2D eigenvalue weighted by Gasteiger charge is -2.26. The predicted octanol–water partition coefficient (Wildman–Crippen LogP) is 5.26. The summed E-state index contributed by atoms with van der Waals surface area (Å²) in [5, 5.41) is 9.49. The fourth-order valence-corrected chi connectivity index (χ4v) is 4.46. The van der Waals surface area contributed by atoms with Crippen molar-refractivity contribution in [1.29, 1.82) is 0 Å². The van der Waals surface area contributed by atoms with Gasteiger partial charge in [-0.05, 0) is 69.3 Å². The predicted molar refractivity (Wildman–Crippen MR) is 136 cm³/mol. The third-order valence-electron chi connectivity index (χ3n) is 5.10. The van der Waals surface area contributed by atoms with Gasteiger partial charge in [-0.1, -0.05) is 30.0 Å². The van der Waals surface area contributed by atoms with Crippen LogP contribution >= 0.6 is 11.8 Å². The normalized spacial score (nSPS) is 10.9. The smallest absolute Gasteiger partial charge is 0.237 e. The maximum Gasteiger partial charge on any atom is 0.237 e. The zero-order valence-corrected chi connectivity index (χ0v) is 20.3. The number of anilines is 1. The highest BCUT2D eigenvalue weighted by Gasteiger charge is 2.22. The van der Waals surface area contributed by atoms with E-state index in [4.69, 9.17) is 4.74 Å². The van der Waals surface area contributed by atoms with Crippen LogP contribution in [-0.2, 0) is 4.79 Å². The summed E-state index contributed by atoms with van der Waals surface area (Å²) in [6.07, 6.45) is 3.48. The quantitative estimate of drug-likeness (QED) is 0.309. The van der Waals surface area contributed by atoms with Crippen LogP contribution in [0.3, 0.4) is 0 Å². The van der Waals surface area contributed by atoms with E-state index >= 15 is 0 Å². The molecule has 4 rings (SSSR count). The minimum Gasteiger partial charge on any atom is -0.494 e. The Hall–Kier alpha value is -3.65. The first kappa shape index (κ1) is 23.5. The highest BCUT2D eigenvalue weighted by atomic mass is 32.2. The minimum absolute atomic E-state index is 0.00960. The van der Waals surface area contributed by atoms with E-state index in [0.29, 0.717) is 17.6 Å². The molecule has 0 saturated carbocycles. The molecule has 0 bridgehead atoms. The van der Waals surface area contributed by atoms with Crippen LogP contribution in [0.5, 0.6) is 5.75 Å². The van der Waals surface area contributed by atoms with Crippen LogP contribution in [0.4, 0.5) is 5.69 Å². The molecule has 0 radical (unpaired) electrons. The maximum absolute atomic E-state index is 13.2. The Bertz CT molecular complexity index is 1210. The summed E-state index contributed by atoms with van der Waals surface area (Å²) in [5.41, 5.74) is 2.60. The lowest BCUT2D eigenvalue weighted by molar-refractivity contribution is -0.116. The van der Waals surface area contributed by atoms with E-state index < -0.39 is 0 Å². The topological polar surface area (TPSA) is 73.1 Å². The molecule has 174 valence electrons. The van der Waals surface area contributed by atoms with E-state index in [2.05, 4.69) is 15.2 Å². The number of para-hydroxylation sites is 1. The molecule has 0 N–H and O–H groups in total. The Morgan fingerprint density at radius 1 is 1.03 bits per heavy atom. The number of pyridine rings is 1. The summed E-state index contributed by atoms with van der Waals surface area (Å²) in [4.78, 5) is 19.3. The van der Waals surface area contributed by atoms with Crippen LogP contribution in [0.15, 0.2) is 84.3 Å². The van der Waals surface area contributed by atoms with Crippen LogP contribution in [0.25, 0.3) is 17.1 Å². The van der Waals surface area contributed by atoms with Crippen molar-refractivity contribution < 1.29 is 9.53 Å². The second-order valence-corrected chi connectivity index (χ2v) is 8.73. The number of carbonyl (C=O) groups excluding carboxylic acids is 1. The number of hydrogen-bond acceptors (Lipinski definition) is 6. The summed E-state index contributed by atoms with van der Waals surface area (Å²) < 4.78 is 7.54. The number of hydrogen-bond donors (Lipinski definition) is 0. The van der Waals surface area contributed by atoms with Crippen molar-refractivity contribution in [2.24, 2.45) is 0 Å². The van der Waals surface area contributed by atoms with E-state index in [1.165, 1.54) is 11.8 Å². The lowest BCUT2D eigenvalue weighted by atomic mass is 10.2. The van der Waals surface area contributed by atoms with Crippen LogP contribution < -0.4 is 9.64 Å². The maximum atomic E-state index is 13.2. The molecule has 1 amide bonds. The number of benzene rings is 2. The molecule has 2 aromatic carbocycles. The summed E-state index contributed by atoms with van der Waals surface area (Å²) in [7, 11) is 0. The average molecular weight is 474 g/mol. The minimum atomic E-state index is 0.00960. The van der Waals surface area contributed by atoms with E-state index in [0.717, 1.165) is 22.7 Å². The number of thioether (sulfide) groups is 1. The first-order valence-electron chi connectivity index (χ1n) is 11.2. The Kier molecular flexibility index (Phi) is 7.59. The van der Waals surface area contributed by atoms with E-state index in [9.17, 15) is 4.79 Å². The van der Waals surface area contributed by atoms with Crippen molar-refractivity contribution in [1.82, 2.24) is 19.7 Å². The number of rotatable bonds is 9. The summed E-state index contributed by atoms with van der Waals surface area (Å²) in [6.45, 7) is 6.58. The summed E-state index contributed by atoms with van der Waals surface area (Å²) in [5.74, 6) is 1.70. The molecule has 7 nitrogen and oxygen atoms in total. The average Bonchev–Trinajstić information content (AvgIpc) is 3.28. The Labute approximate surface area is 203 Å². The molecule has 34 heavy (non-hydrogen) atoms. The number of carbonyl (C=O) groups is 1. The summed E-state index contributed by atoms with van der Waals surface area (Å²) >= 11 is 1.37. The van der Waals surface area contributed by atoms with Gasteiger partial charge in [0, 0.05) is 35.4 Å². The van der Waals surface area contributed by atoms with Gasteiger partial charge in [-0.25, -0.2) is 0 Å². The van der Waals surface area contributed by atoms with Gasteiger partial charge in [0.2, 0.25) is 5.91 Å². The first-order valence-corrected chi connectivity index (χ1v) is 12.2. The van der Waals surface area contributed by atoms with Gasteiger partial charge in [0.25, 0.3) is 0 Å². The molecule has 0 aliphatic rings. The molecule has 2 aromatic heterocycles. The molecule has 0 unspecified atom stereocenters. The van der Waals surface area contributed by atoms with Crippen LogP contribution in [0.1, 0.15) is 20.8 Å². The van der Waals surface area contributed by atoms with E-state index in [1.807, 2.05) is 97.0 Å². The van der Waals surface area contributed by atoms with Crippen molar-refractivity contribution in [2.45, 2.75) is 32.0 Å². The molecule has 2 heterocycles. The molecule has 0 atom stereocenters. The van der Waals surface area contributed by atoms with Crippen LogP contribution in [0.2, 0.25) is 0 Å². The van der Waals surface area contributed by atoms with Gasteiger partial charge in [0.1, 0.15) is 5.75 Å². The van der Waals surface area contributed by atoms with Crippen molar-refractivity contribution >= 4 is 23.4 Å². The fourth-order valence-electron chi connectivity index (χ4n) is 3.65. The number of ether oxygens (including phenoxy) is 1. The van der Waals surface area contributed by atoms with Gasteiger partial charge in [-0.15, -0.1) is 10.2 Å². The van der Waals surface area contributed by atoms with Gasteiger partial charge < -0.3 is 9.64 Å². The van der Waals surface area contributed by atoms with Gasteiger partial charge >= 0.3 is 0 Å². The van der Waals surface area contributed by atoms with Gasteiger partial charge in [0.15, 0.2) is 11.0 Å². The molecule has 0 fully saturated rings. The third-order valence-corrected chi connectivity index (χ3v) is 6.02. The lowest BCUT2D eigenvalue weighted by Crippen LogP contribution is -2.38. The molecule has 8 heteroatoms. The monoisotopic (exact) mass is 473 g/mol. The Morgan fingerprint density at radius 3 is 2.44 bits per heavy atom. The summed E-state index contributed by atoms with van der Waals surface area (Å²) in [6, 6.07) is 21.3. The third kappa shape index (κ3) is 5.28. The zero-order valence-electron chi connectivity index (χ0n) is 19.5. The largest absolute Gasteiger partial charge is 0.494 e. The van der Waals surface area contributed by atoms with Crippen LogP contribution in [0, 0.1) is 0 Å². The number of nitrogens with zero attached hydrogens (tertiary/aromatic N) is 5. The van der Waals surface area contributed by atoms with Gasteiger partial charge in [0.05, 0.1) is 12.4 Å². The number of aromatic nitrogens is 4.